The first-order valence-electron chi connectivity index (χ1n) is 5.98. The summed E-state index contributed by atoms with van der Waals surface area (Å²) < 4.78 is 5.45. The number of ether oxygens (including phenoxy) is 1. The first kappa shape index (κ1) is 13.7. The Bertz CT molecular complexity index is 308. The summed E-state index contributed by atoms with van der Waals surface area (Å²) in [6, 6.07) is 1.80. The number of anilines is 2. The van der Waals surface area contributed by atoms with Gasteiger partial charge in [0.2, 0.25) is 5.95 Å². The summed E-state index contributed by atoms with van der Waals surface area (Å²) in [5, 5.41) is 3.18. The molecule has 17 heavy (non-hydrogen) atoms. The molecule has 0 unspecified atom stereocenters. The van der Waals surface area contributed by atoms with Gasteiger partial charge in [-0.1, -0.05) is 13.3 Å². The van der Waals surface area contributed by atoms with Crippen LogP contribution in [0.5, 0.6) is 0 Å². The largest absolute Gasteiger partial charge is 0.381 e. The van der Waals surface area contributed by atoms with Gasteiger partial charge in [-0.3, -0.25) is 5.43 Å². The molecule has 96 valence electrons. The summed E-state index contributed by atoms with van der Waals surface area (Å²) >= 11 is 0. The van der Waals surface area contributed by atoms with Gasteiger partial charge in [-0.05, 0) is 18.9 Å². The number of nitrogens with one attached hydrogen (secondary N) is 2. The molecule has 0 bridgehead atoms. The van der Waals surface area contributed by atoms with Gasteiger partial charge in [0, 0.05) is 26.0 Å². The lowest BCUT2D eigenvalue weighted by molar-refractivity contribution is 0.131. The van der Waals surface area contributed by atoms with Crippen molar-refractivity contribution in [2.24, 2.45) is 5.84 Å². The molecule has 6 nitrogen and oxygen atoms in total. The first-order valence-corrected chi connectivity index (χ1v) is 5.98. The zero-order chi connectivity index (χ0) is 12.3. The van der Waals surface area contributed by atoms with Gasteiger partial charge in [0.1, 0.15) is 5.82 Å². The van der Waals surface area contributed by atoms with Gasteiger partial charge in [-0.2, -0.15) is 4.98 Å². The van der Waals surface area contributed by atoms with Crippen molar-refractivity contribution in [3.8, 4) is 0 Å². The van der Waals surface area contributed by atoms with E-state index in [9.17, 15) is 0 Å². The highest BCUT2D eigenvalue weighted by molar-refractivity contribution is 5.38. The van der Waals surface area contributed by atoms with E-state index in [2.05, 4.69) is 27.6 Å². The molecular weight excluding hydrogens is 218 g/mol. The Morgan fingerprint density at radius 3 is 2.94 bits per heavy atom. The van der Waals surface area contributed by atoms with Crippen molar-refractivity contribution in [1.29, 1.82) is 0 Å². The maximum atomic E-state index is 5.45. The second-order valence-electron chi connectivity index (χ2n) is 3.66. The monoisotopic (exact) mass is 239 g/mol. The molecule has 0 aliphatic carbocycles. The third-order valence-corrected chi connectivity index (χ3v) is 2.20. The van der Waals surface area contributed by atoms with Crippen LogP contribution in [-0.4, -0.2) is 29.7 Å². The molecule has 0 atom stereocenters. The van der Waals surface area contributed by atoms with Crippen LogP contribution in [0.4, 0.5) is 11.8 Å². The van der Waals surface area contributed by atoms with E-state index < -0.39 is 0 Å². The quantitative estimate of drug-likeness (QED) is 0.343. The van der Waals surface area contributed by atoms with Crippen molar-refractivity contribution in [2.75, 3.05) is 30.5 Å². The number of unbranched alkanes of at least 4 members (excludes halogenated alkanes) is 1. The van der Waals surface area contributed by atoms with Crippen molar-refractivity contribution in [2.45, 2.75) is 26.2 Å². The van der Waals surface area contributed by atoms with Crippen LogP contribution in [0.15, 0.2) is 12.3 Å². The zero-order valence-electron chi connectivity index (χ0n) is 10.3. The van der Waals surface area contributed by atoms with Crippen molar-refractivity contribution in [1.82, 2.24) is 9.97 Å². The Balaban J connectivity index is 2.09. The summed E-state index contributed by atoms with van der Waals surface area (Å²) in [6.45, 7) is 4.61. The highest BCUT2D eigenvalue weighted by atomic mass is 16.5. The SMILES string of the molecule is CCCCOCCCNc1ccnc(NN)n1. The van der Waals surface area contributed by atoms with E-state index in [0.717, 1.165) is 38.4 Å². The topological polar surface area (TPSA) is 85.1 Å². The third kappa shape index (κ3) is 6.03. The van der Waals surface area contributed by atoms with Crippen LogP contribution in [0.3, 0.4) is 0 Å². The molecule has 0 aliphatic heterocycles. The molecule has 0 amide bonds. The average molecular weight is 239 g/mol. The third-order valence-electron chi connectivity index (χ3n) is 2.20. The normalized spacial score (nSPS) is 10.2. The van der Waals surface area contributed by atoms with Crippen LogP contribution in [0, 0.1) is 0 Å². The number of hydrogen-bond donors (Lipinski definition) is 3. The first-order chi connectivity index (χ1) is 8.36. The Hall–Kier alpha value is -1.40. The Kier molecular flexibility index (Phi) is 7.01. The van der Waals surface area contributed by atoms with Crippen molar-refractivity contribution in [3.63, 3.8) is 0 Å². The summed E-state index contributed by atoms with van der Waals surface area (Å²) in [4.78, 5) is 8.06. The molecule has 6 heteroatoms. The standard InChI is InChI=1S/C11H21N5O/c1-2-3-8-17-9-4-6-13-10-5-7-14-11(15-10)16-12/h5,7H,2-4,6,8-9,12H2,1H3,(H2,13,14,15,16). The summed E-state index contributed by atoms with van der Waals surface area (Å²) in [5.41, 5.74) is 2.41. The lowest BCUT2D eigenvalue weighted by Crippen LogP contribution is -2.12. The van der Waals surface area contributed by atoms with Crippen LogP contribution in [0.2, 0.25) is 0 Å². The van der Waals surface area contributed by atoms with Gasteiger partial charge < -0.3 is 10.1 Å². The predicted molar refractivity (Wildman–Crippen MR) is 68.7 cm³/mol. The summed E-state index contributed by atoms with van der Waals surface area (Å²) in [6.07, 6.45) is 4.92. The maximum absolute atomic E-state index is 5.45. The molecule has 0 fully saturated rings. The lowest BCUT2D eigenvalue weighted by atomic mass is 10.3. The van der Waals surface area contributed by atoms with E-state index in [1.54, 1.807) is 12.3 Å². The van der Waals surface area contributed by atoms with E-state index in [1.807, 2.05) is 0 Å². The summed E-state index contributed by atoms with van der Waals surface area (Å²) in [5.74, 6) is 6.40. The number of nitrogen functional groups attached to an aromatic ring is 1. The van der Waals surface area contributed by atoms with Gasteiger partial charge in [0.15, 0.2) is 0 Å². The zero-order valence-corrected chi connectivity index (χ0v) is 10.3. The molecule has 0 saturated carbocycles. The molecule has 0 saturated heterocycles. The Labute approximate surface area is 102 Å². The minimum atomic E-state index is 0.411. The van der Waals surface area contributed by atoms with Crippen LogP contribution in [-0.2, 0) is 4.74 Å². The highest BCUT2D eigenvalue weighted by Crippen LogP contribution is 2.04. The van der Waals surface area contributed by atoms with Crippen molar-refractivity contribution < 1.29 is 4.74 Å². The molecule has 0 aliphatic rings. The van der Waals surface area contributed by atoms with Crippen LogP contribution < -0.4 is 16.6 Å². The van der Waals surface area contributed by atoms with Gasteiger partial charge in [-0.25, -0.2) is 10.8 Å². The molecule has 1 rings (SSSR count). The van der Waals surface area contributed by atoms with E-state index in [1.165, 1.54) is 6.42 Å². The molecule has 0 radical (unpaired) electrons. The van der Waals surface area contributed by atoms with Crippen LogP contribution in [0.25, 0.3) is 0 Å². The van der Waals surface area contributed by atoms with E-state index in [-0.39, 0.29) is 0 Å². The Morgan fingerprint density at radius 2 is 2.18 bits per heavy atom. The fraction of sp³-hybridized carbons (Fsp3) is 0.636. The fourth-order valence-corrected chi connectivity index (χ4v) is 1.27. The number of nitrogens with two attached hydrogens (primary N) is 1. The minimum Gasteiger partial charge on any atom is -0.381 e. The number of hydrazine groups is 1. The van der Waals surface area contributed by atoms with E-state index in [0.29, 0.717) is 5.95 Å². The molecular formula is C11H21N5O. The van der Waals surface area contributed by atoms with Gasteiger partial charge >= 0.3 is 0 Å². The Morgan fingerprint density at radius 1 is 1.35 bits per heavy atom. The second kappa shape index (κ2) is 8.72. The van der Waals surface area contributed by atoms with Crippen LogP contribution >= 0.6 is 0 Å². The highest BCUT2D eigenvalue weighted by Gasteiger charge is 1.96. The van der Waals surface area contributed by atoms with Gasteiger partial charge in [-0.15, -0.1) is 0 Å². The molecule has 0 spiro atoms. The van der Waals surface area contributed by atoms with Gasteiger partial charge in [0.05, 0.1) is 0 Å². The molecule has 1 aromatic rings. The predicted octanol–water partition coefficient (Wildman–Crippen LogP) is 1.38. The number of aromatic nitrogens is 2. The van der Waals surface area contributed by atoms with E-state index in [4.69, 9.17) is 10.6 Å². The van der Waals surface area contributed by atoms with Crippen LogP contribution in [0.1, 0.15) is 26.2 Å². The number of hydrogen-bond acceptors (Lipinski definition) is 6. The number of rotatable bonds is 9. The molecule has 4 N–H and O–H groups in total. The fourth-order valence-electron chi connectivity index (χ4n) is 1.27. The van der Waals surface area contributed by atoms with Gasteiger partial charge in [0.25, 0.3) is 0 Å². The van der Waals surface area contributed by atoms with Crippen molar-refractivity contribution >= 4 is 11.8 Å². The second-order valence-corrected chi connectivity index (χ2v) is 3.66. The maximum Gasteiger partial charge on any atom is 0.239 e. The molecule has 1 aromatic heterocycles. The van der Waals surface area contributed by atoms with E-state index >= 15 is 0 Å². The average Bonchev–Trinajstić information content (AvgIpc) is 2.38. The number of nitrogens with zero attached hydrogens (tertiary/aromatic N) is 2. The molecule has 1 heterocycles. The lowest BCUT2D eigenvalue weighted by Gasteiger charge is -2.07. The smallest absolute Gasteiger partial charge is 0.239 e. The minimum absolute atomic E-state index is 0.411. The molecule has 0 aromatic carbocycles. The summed E-state index contributed by atoms with van der Waals surface area (Å²) in [7, 11) is 0. The van der Waals surface area contributed by atoms with Crippen molar-refractivity contribution in [3.05, 3.63) is 12.3 Å².